The lowest BCUT2D eigenvalue weighted by molar-refractivity contribution is -0.146. The molecule has 0 fully saturated rings. The van der Waals surface area contributed by atoms with Gasteiger partial charge in [0.25, 0.3) is 5.91 Å². The lowest BCUT2D eigenvalue weighted by atomic mass is 10.3. The molecule has 2 rings (SSSR count). The van der Waals surface area contributed by atoms with Gasteiger partial charge in [-0.15, -0.1) is 23.1 Å². The summed E-state index contributed by atoms with van der Waals surface area (Å²) in [5.41, 5.74) is 0.502. The summed E-state index contributed by atoms with van der Waals surface area (Å²) in [7, 11) is 1.29. The number of hydrogen-bond donors (Lipinski definition) is 1. The van der Waals surface area contributed by atoms with E-state index < -0.39 is 29.7 Å². The number of thiazole rings is 1. The highest BCUT2D eigenvalue weighted by Crippen LogP contribution is 2.23. The molecule has 1 atom stereocenters. The van der Waals surface area contributed by atoms with Crippen molar-refractivity contribution >= 4 is 46.1 Å². The lowest BCUT2D eigenvalue weighted by Crippen LogP contribution is -2.24. The molecule has 138 valence electrons. The molecule has 7 nitrogen and oxygen atoms in total. The third kappa shape index (κ3) is 6.49. The Labute approximate surface area is 159 Å². The van der Waals surface area contributed by atoms with Crippen LogP contribution in [0.1, 0.15) is 12.6 Å². The molecule has 0 aliphatic rings. The molecule has 0 saturated heterocycles. The van der Waals surface area contributed by atoms with Crippen LogP contribution in [0.2, 0.25) is 0 Å². The average molecular weight is 394 g/mol. The van der Waals surface area contributed by atoms with Crippen LogP contribution in [0.4, 0.5) is 5.13 Å². The van der Waals surface area contributed by atoms with Crippen LogP contribution in [0.15, 0.2) is 40.6 Å². The number of rotatable bonds is 8. The normalized spacial score (nSPS) is 11.5. The number of anilines is 1. The highest BCUT2D eigenvalue weighted by atomic mass is 32.2. The second kappa shape index (κ2) is 9.93. The molecule has 0 radical (unpaired) electrons. The third-order valence-electron chi connectivity index (χ3n) is 3.08. The second-order valence-corrected chi connectivity index (χ2v) is 7.40. The van der Waals surface area contributed by atoms with E-state index in [9.17, 15) is 14.4 Å². The van der Waals surface area contributed by atoms with Gasteiger partial charge in [-0.05, 0) is 19.1 Å². The topological polar surface area (TPSA) is 94.6 Å². The number of benzene rings is 1. The van der Waals surface area contributed by atoms with Crippen molar-refractivity contribution in [1.82, 2.24) is 4.98 Å². The molecule has 2 aromatic rings. The molecule has 1 N–H and O–H groups in total. The van der Waals surface area contributed by atoms with E-state index in [0.717, 1.165) is 4.90 Å². The van der Waals surface area contributed by atoms with Gasteiger partial charge in [0.15, 0.2) is 11.7 Å². The van der Waals surface area contributed by atoms with E-state index in [2.05, 4.69) is 15.0 Å². The van der Waals surface area contributed by atoms with Crippen molar-refractivity contribution in [2.24, 2.45) is 0 Å². The Morgan fingerprint density at radius 3 is 2.69 bits per heavy atom. The van der Waals surface area contributed by atoms with E-state index in [-0.39, 0.29) is 6.42 Å². The molecule has 0 aliphatic carbocycles. The third-order valence-corrected chi connectivity index (χ3v) is 4.98. The first-order chi connectivity index (χ1) is 12.5. The summed E-state index contributed by atoms with van der Waals surface area (Å²) in [4.78, 5) is 40.1. The lowest BCUT2D eigenvalue weighted by Gasteiger charge is -2.10. The predicted octanol–water partition coefficient (Wildman–Crippen LogP) is 2.52. The number of carbonyl (C=O) groups is 3. The number of methoxy groups -OCH3 is 1. The number of hydrogen-bond acceptors (Lipinski definition) is 8. The summed E-state index contributed by atoms with van der Waals surface area (Å²) in [6, 6.07) is 9.46. The zero-order chi connectivity index (χ0) is 18.9. The van der Waals surface area contributed by atoms with Gasteiger partial charge in [-0.25, -0.2) is 4.98 Å². The van der Waals surface area contributed by atoms with Crippen LogP contribution < -0.4 is 5.32 Å². The van der Waals surface area contributed by atoms with Crippen molar-refractivity contribution in [1.29, 1.82) is 0 Å². The molecule has 1 aromatic carbocycles. The van der Waals surface area contributed by atoms with Crippen LogP contribution in [0, 0.1) is 0 Å². The molecule has 1 heterocycles. The number of esters is 2. The summed E-state index contributed by atoms with van der Waals surface area (Å²) in [6.45, 7) is 1.32. The first-order valence-corrected chi connectivity index (χ1v) is 9.43. The maximum atomic E-state index is 12.0. The maximum absolute atomic E-state index is 12.0. The number of nitrogens with one attached hydrogen (secondary N) is 1. The number of nitrogens with zero attached hydrogens (tertiary/aromatic N) is 1. The van der Waals surface area contributed by atoms with Crippen LogP contribution >= 0.6 is 23.1 Å². The fourth-order valence-corrected chi connectivity index (χ4v) is 3.44. The minimum absolute atomic E-state index is 0.0338. The van der Waals surface area contributed by atoms with Gasteiger partial charge in [0.2, 0.25) is 0 Å². The van der Waals surface area contributed by atoms with E-state index in [4.69, 9.17) is 4.74 Å². The largest absolute Gasteiger partial charge is 0.469 e. The number of aromatic nitrogens is 1. The monoisotopic (exact) mass is 394 g/mol. The molecular formula is C17H18N2O5S2. The van der Waals surface area contributed by atoms with Crippen LogP contribution in [0.25, 0.3) is 0 Å². The standard InChI is InChI=1S/C17H18N2O5S2/c1-11(26-13-6-4-3-5-7-13)16(22)24-9-14(20)19-17-18-12(10-25-17)8-15(21)23-2/h3-7,10-11H,8-9H2,1-2H3,(H,18,19,20)/t11-/m1/s1. The van der Waals surface area contributed by atoms with Gasteiger partial charge >= 0.3 is 11.9 Å². The molecule has 0 bridgehead atoms. The molecule has 0 unspecified atom stereocenters. The van der Waals surface area contributed by atoms with Crippen LogP contribution in [-0.2, 0) is 30.3 Å². The molecular weight excluding hydrogens is 376 g/mol. The highest BCUT2D eigenvalue weighted by molar-refractivity contribution is 8.00. The molecule has 0 aliphatic heterocycles. The smallest absolute Gasteiger partial charge is 0.319 e. The second-order valence-electron chi connectivity index (χ2n) is 5.13. The molecule has 26 heavy (non-hydrogen) atoms. The van der Waals surface area contributed by atoms with Crippen LogP contribution in [0.5, 0.6) is 0 Å². The summed E-state index contributed by atoms with van der Waals surface area (Å²) in [5.74, 6) is -1.37. The van der Waals surface area contributed by atoms with Crippen molar-refractivity contribution in [3.05, 3.63) is 41.4 Å². The number of carbonyl (C=O) groups excluding carboxylic acids is 3. The summed E-state index contributed by atoms with van der Waals surface area (Å²) in [6.07, 6.45) is 0.0338. The number of thioether (sulfide) groups is 1. The Morgan fingerprint density at radius 1 is 1.27 bits per heavy atom. The average Bonchev–Trinajstić information content (AvgIpc) is 3.07. The van der Waals surface area contributed by atoms with Crippen molar-refractivity contribution in [3.63, 3.8) is 0 Å². The summed E-state index contributed by atoms with van der Waals surface area (Å²) in [5, 5.41) is 4.08. The van der Waals surface area contributed by atoms with Crippen molar-refractivity contribution < 1.29 is 23.9 Å². The van der Waals surface area contributed by atoms with Crippen molar-refractivity contribution in [2.45, 2.75) is 23.5 Å². The summed E-state index contributed by atoms with van der Waals surface area (Å²) < 4.78 is 9.58. The Hall–Kier alpha value is -2.39. The Morgan fingerprint density at radius 2 is 2.00 bits per heavy atom. The van der Waals surface area contributed by atoms with Gasteiger partial charge in [0.05, 0.1) is 19.2 Å². The minimum atomic E-state index is -0.491. The first-order valence-electron chi connectivity index (χ1n) is 7.67. The molecule has 0 spiro atoms. The minimum Gasteiger partial charge on any atom is -0.469 e. The first kappa shape index (κ1) is 19.9. The molecule has 1 amide bonds. The van der Waals surface area contributed by atoms with E-state index in [1.807, 2.05) is 30.3 Å². The Kier molecular flexibility index (Phi) is 7.61. The fraction of sp³-hybridized carbons (Fsp3) is 0.294. The van der Waals surface area contributed by atoms with Crippen molar-refractivity contribution in [2.75, 3.05) is 19.0 Å². The number of ether oxygens (including phenoxy) is 2. The zero-order valence-corrected chi connectivity index (χ0v) is 15.9. The van der Waals surface area contributed by atoms with E-state index in [1.54, 1.807) is 12.3 Å². The van der Waals surface area contributed by atoms with Crippen LogP contribution in [0.3, 0.4) is 0 Å². The van der Waals surface area contributed by atoms with Crippen LogP contribution in [-0.4, -0.2) is 41.8 Å². The quantitative estimate of drug-likeness (QED) is 0.543. The van der Waals surface area contributed by atoms with Gasteiger partial charge in [0.1, 0.15) is 5.25 Å². The number of amides is 1. The van der Waals surface area contributed by atoms with Gasteiger partial charge in [0, 0.05) is 10.3 Å². The maximum Gasteiger partial charge on any atom is 0.319 e. The van der Waals surface area contributed by atoms with E-state index in [0.29, 0.717) is 10.8 Å². The zero-order valence-electron chi connectivity index (χ0n) is 14.3. The highest BCUT2D eigenvalue weighted by Gasteiger charge is 2.18. The fourth-order valence-electron chi connectivity index (χ4n) is 1.83. The van der Waals surface area contributed by atoms with E-state index >= 15 is 0 Å². The molecule has 9 heteroatoms. The Balaban J connectivity index is 1.75. The molecule has 1 aromatic heterocycles. The molecule has 0 saturated carbocycles. The summed E-state index contributed by atoms with van der Waals surface area (Å²) >= 11 is 2.54. The van der Waals surface area contributed by atoms with Gasteiger partial charge in [-0.2, -0.15) is 0 Å². The Bertz CT molecular complexity index is 764. The SMILES string of the molecule is COC(=O)Cc1csc(NC(=O)COC(=O)[C@@H](C)Sc2ccccc2)n1. The van der Waals surface area contributed by atoms with Gasteiger partial charge in [-0.3, -0.25) is 19.7 Å². The van der Waals surface area contributed by atoms with E-state index in [1.165, 1.54) is 30.2 Å². The predicted molar refractivity (Wildman–Crippen MR) is 99.2 cm³/mol. The van der Waals surface area contributed by atoms with Gasteiger partial charge < -0.3 is 9.47 Å². The van der Waals surface area contributed by atoms with Crippen molar-refractivity contribution in [3.8, 4) is 0 Å². The van der Waals surface area contributed by atoms with Gasteiger partial charge in [-0.1, -0.05) is 18.2 Å².